The van der Waals surface area contributed by atoms with Crippen molar-refractivity contribution in [3.63, 3.8) is 0 Å². The van der Waals surface area contributed by atoms with Crippen molar-refractivity contribution >= 4 is 17.7 Å². The highest BCUT2D eigenvalue weighted by molar-refractivity contribution is 6.04. The molecule has 1 heterocycles. The molecule has 1 rings (SSSR count). The number of rotatable bonds is 7. The Morgan fingerprint density at radius 3 is 2.67 bits per heavy atom. The molecule has 2 atom stereocenters. The quantitative estimate of drug-likeness (QED) is 0.548. The molecular weight excluding hydrogens is 234 g/mol. The molecule has 1 N–H and O–H groups in total. The van der Waals surface area contributed by atoms with Gasteiger partial charge in [0.2, 0.25) is 5.91 Å². The van der Waals surface area contributed by atoms with Crippen LogP contribution < -0.4 is 5.32 Å². The Balaban J connectivity index is 2.65. The molecule has 1 aliphatic heterocycles. The third-order valence-electron chi connectivity index (χ3n) is 3.10. The molecule has 0 aromatic rings. The number of Topliss-reactive ketones (excluding diaryl/α,β-unsaturated/α-hetero) is 1. The lowest BCUT2D eigenvalue weighted by Crippen LogP contribution is -2.40. The Labute approximate surface area is 107 Å². The van der Waals surface area contributed by atoms with Crippen LogP contribution in [0.15, 0.2) is 0 Å². The number of ether oxygens (including phenoxy) is 1. The molecule has 0 spiro atoms. The predicted octanol–water partition coefficient (Wildman–Crippen LogP) is 1.20. The van der Waals surface area contributed by atoms with Gasteiger partial charge in [-0.1, -0.05) is 19.8 Å². The van der Waals surface area contributed by atoms with Gasteiger partial charge in [0, 0.05) is 6.42 Å². The fourth-order valence-corrected chi connectivity index (χ4v) is 2.10. The lowest BCUT2D eigenvalue weighted by molar-refractivity contribution is -0.152. The molecule has 5 nitrogen and oxygen atoms in total. The summed E-state index contributed by atoms with van der Waals surface area (Å²) in [7, 11) is 0. The molecule has 1 aliphatic rings. The molecule has 0 saturated carbocycles. The number of unbranched alkanes of at least 4 members (excludes halogenated alkanes) is 1. The Hall–Kier alpha value is -1.39. The summed E-state index contributed by atoms with van der Waals surface area (Å²) in [5.74, 6) is -1.51. The minimum Gasteiger partial charge on any atom is -0.465 e. The lowest BCUT2D eigenvalue weighted by Gasteiger charge is -2.17. The number of carbonyl (C=O) groups is 3. The number of carbonyl (C=O) groups excluding carboxylic acids is 3. The SMILES string of the molecule is CCCCC(C(=O)OCC)C(=O)[C@@H]1CCC(=O)N1. The number of amides is 1. The van der Waals surface area contributed by atoms with Crippen molar-refractivity contribution in [2.24, 2.45) is 5.92 Å². The first-order valence-electron chi connectivity index (χ1n) is 6.59. The second kappa shape index (κ2) is 7.13. The first-order valence-corrected chi connectivity index (χ1v) is 6.59. The van der Waals surface area contributed by atoms with Crippen LogP contribution in [-0.2, 0) is 19.1 Å². The van der Waals surface area contributed by atoms with Gasteiger partial charge in [-0.15, -0.1) is 0 Å². The zero-order valence-corrected chi connectivity index (χ0v) is 11.0. The monoisotopic (exact) mass is 255 g/mol. The van der Waals surface area contributed by atoms with E-state index in [0.717, 1.165) is 12.8 Å². The third kappa shape index (κ3) is 3.82. The van der Waals surface area contributed by atoms with Crippen LogP contribution in [0.5, 0.6) is 0 Å². The number of esters is 1. The van der Waals surface area contributed by atoms with Crippen molar-refractivity contribution in [2.45, 2.75) is 52.0 Å². The van der Waals surface area contributed by atoms with Crippen molar-refractivity contribution in [2.75, 3.05) is 6.61 Å². The average Bonchev–Trinajstić information content (AvgIpc) is 2.76. The summed E-state index contributed by atoms with van der Waals surface area (Å²) < 4.78 is 4.94. The van der Waals surface area contributed by atoms with Crippen LogP contribution >= 0.6 is 0 Å². The maximum absolute atomic E-state index is 12.2. The van der Waals surface area contributed by atoms with Crippen molar-refractivity contribution in [3.05, 3.63) is 0 Å². The smallest absolute Gasteiger partial charge is 0.316 e. The Morgan fingerprint density at radius 1 is 1.44 bits per heavy atom. The number of hydrogen-bond acceptors (Lipinski definition) is 4. The van der Waals surface area contributed by atoms with Gasteiger partial charge in [-0.3, -0.25) is 14.4 Å². The van der Waals surface area contributed by atoms with Gasteiger partial charge in [0.05, 0.1) is 12.6 Å². The molecule has 1 unspecified atom stereocenters. The highest BCUT2D eigenvalue weighted by Crippen LogP contribution is 2.18. The largest absolute Gasteiger partial charge is 0.465 e. The predicted molar refractivity (Wildman–Crippen MR) is 65.8 cm³/mol. The summed E-state index contributed by atoms with van der Waals surface area (Å²) in [5.41, 5.74) is 0. The highest BCUT2D eigenvalue weighted by Gasteiger charge is 2.36. The summed E-state index contributed by atoms with van der Waals surface area (Å²) in [6.45, 7) is 3.99. The van der Waals surface area contributed by atoms with E-state index in [1.54, 1.807) is 6.92 Å². The van der Waals surface area contributed by atoms with E-state index in [2.05, 4.69) is 5.32 Å². The van der Waals surface area contributed by atoms with Gasteiger partial charge in [0.25, 0.3) is 0 Å². The standard InChI is InChI=1S/C13H21NO4/c1-3-5-6-9(13(17)18-4-2)12(16)10-7-8-11(15)14-10/h9-10H,3-8H2,1-2H3,(H,14,15)/t9?,10-/m0/s1. The molecular formula is C13H21NO4. The molecule has 0 radical (unpaired) electrons. The average molecular weight is 255 g/mol. The zero-order valence-electron chi connectivity index (χ0n) is 11.0. The second-order valence-electron chi connectivity index (χ2n) is 4.51. The van der Waals surface area contributed by atoms with E-state index < -0.39 is 17.9 Å². The van der Waals surface area contributed by atoms with Gasteiger partial charge in [0.1, 0.15) is 5.92 Å². The summed E-state index contributed by atoms with van der Waals surface area (Å²) in [6, 6.07) is -0.510. The molecule has 0 aliphatic carbocycles. The summed E-state index contributed by atoms with van der Waals surface area (Å²) in [4.78, 5) is 35.1. The maximum atomic E-state index is 12.2. The number of ketones is 1. The number of nitrogens with one attached hydrogen (secondary N) is 1. The second-order valence-corrected chi connectivity index (χ2v) is 4.51. The fraction of sp³-hybridized carbons (Fsp3) is 0.769. The van der Waals surface area contributed by atoms with Gasteiger partial charge >= 0.3 is 5.97 Å². The molecule has 1 saturated heterocycles. The number of hydrogen-bond donors (Lipinski definition) is 1. The fourth-order valence-electron chi connectivity index (χ4n) is 2.10. The van der Waals surface area contributed by atoms with Crippen LogP contribution in [0.4, 0.5) is 0 Å². The van der Waals surface area contributed by atoms with Crippen LogP contribution in [-0.4, -0.2) is 30.3 Å². The van der Waals surface area contributed by atoms with Gasteiger partial charge in [0.15, 0.2) is 5.78 Å². The van der Waals surface area contributed by atoms with Crippen molar-refractivity contribution in [1.29, 1.82) is 0 Å². The molecule has 1 fully saturated rings. The van der Waals surface area contributed by atoms with Gasteiger partial charge in [-0.05, 0) is 19.8 Å². The van der Waals surface area contributed by atoms with Crippen LogP contribution in [0.3, 0.4) is 0 Å². The molecule has 18 heavy (non-hydrogen) atoms. The van der Waals surface area contributed by atoms with Crippen LogP contribution in [0.2, 0.25) is 0 Å². The maximum Gasteiger partial charge on any atom is 0.316 e. The first-order chi connectivity index (χ1) is 8.60. The van der Waals surface area contributed by atoms with E-state index in [0.29, 0.717) is 19.3 Å². The lowest BCUT2D eigenvalue weighted by atomic mass is 9.92. The molecule has 102 valence electrons. The van der Waals surface area contributed by atoms with Crippen LogP contribution in [0.25, 0.3) is 0 Å². The van der Waals surface area contributed by atoms with E-state index in [1.165, 1.54) is 0 Å². The van der Waals surface area contributed by atoms with Gasteiger partial charge in [-0.2, -0.15) is 0 Å². The molecule has 0 aromatic heterocycles. The van der Waals surface area contributed by atoms with Gasteiger partial charge in [-0.25, -0.2) is 0 Å². The van der Waals surface area contributed by atoms with Crippen molar-refractivity contribution in [3.8, 4) is 0 Å². The van der Waals surface area contributed by atoms with Gasteiger partial charge < -0.3 is 10.1 Å². The Morgan fingerprint density at radius 2 is 2.17 bits per heavy atom. The summed E-state index contributed by atoms with van der Waals surface area (Å²) >= 11 is 0. The molecule has 0 bridgehead atoms. The van der Waals surface area contributed by atoms with Crippen molar-refractivity contribution in [1.82, 2.24) is 5.32 Å². The minimum absolute atomic E-state index is 0.119. The molecule has 1 amide bonds. The topological polar surface area (TPSA) is 72.5 Å². The first kappa shape index (κ1) is 14.7. The highest BCUT2D eigenvalue weighted by atomic mass is 16.5. The van der Waals surface area contributed by atoms with E-state index in [1.807, 2.05) is 6.92 Å². The molecule has 5 heteroatoms. The Kier molecular flexibility index (Phi) is 5.82. The van der Waals surface area contributed by atoms with Crippen LogP contribution in [0, 0.1) is 5.92 Å². The minimum atomic E-state index is -0.728. The third-order valence-corrected chi connectivity index (χ3v) is 3.10. The van der Waals surface area contributed by atoms with Crippen molar-refractivity contribution < 1.29 is 19.1 Å². The summed E-state index contributed by atoms with van der Waals surface area (Å²) in [6.07, 6.45) is 3.07. The van der Waals surface area contributed by atoms with E-state index in [9.17, 15) is 14.4 Å². The summed E-state index contributed by atoms with van der Waals surface area (Å²) in [5, 5.41) is 2.61. The zero-order chi connectivity index (χ0) is 13.5. The molecule has 0 aromatic carbocycles. The van der Waals surface area contributed by atoms with E-state index in [-0.39, 0.29) is 18.3 Å². The van der Waals surface area contributed by atoms with E-state index in [4.69, 9.17) is 4.74 Å². The Bertz CT molecular complexity index is 327. The van der Waals surface area contributed by atoms with Crippen LogP contribution in [0.1, 0.15) is 46.0 Å². The van der Waals surface area contributed by atoms with E-state index >= 15 is 0 Å². The normalized spacial score (nSPS) is 20.3.